The van der Waals surface area contributed by atoms with E-state index in [1.807, 2.05) is 0 Å². The molecule has 8 heteroatoms. The van der Waals surface area contributed by atoms with Crippen LogP contribution in [0.5, 0.6) is 11.5 Å². The van der Waals surface area contributed by atoms with Gasteiger partial charge in [-0.15, -0.1) is 0 Å². The van der Waals surface area contributed by atoms with Crippen LogP contribution in [0.2, 0.25) is 0 Å². The molecule has 1 saturated carbocycles. The van der Waals surface area contributed by atoms with Crippen LogP contribution in [0.1, 0.15) is 49.4 Å². The Balaban J connectivity index is 1.87. The van der Waals surface area contributed by atoms with E-state index in [0.29, 0.717) is 22.4 Å². The summed E-state index contributed by atoms with van der Waals surface area (Å²) in [5.74, 6) is 0.880. The number of hydrogen-bond donors (Lipinski definition) is 1. The minimum atomic E-state index is -0.620. The second-order valence-electron chi connectivity index (χ2n) is 6.98. The smallest absolute Gasteiger partial charge is 0.341 e. The molecule has 0 bridgehead atoms. The number of pyridine rings is 1. The normalized spacial score (nSPS) is 16.2. The molecule has 4 rings (SSSR count). The number of ether oxygens (including phenoxy) is 3. The van der Waals surface area contributed by atoms with Gasteiger partial charge in [-0.1, -0.05) is 19.3 Å². The molecule has 148 valence electrons. The molecular formula is C20H23N3O5. The summed E-state index contributed by atoms with van der Waals surface area (Å²) >= 11 is 0. The van der Waals surface area contributed by atoms with Crippen molar-refractivity contribution in [2.45, 2.75) is 45.1 Å². The highest BCUT2D eigenvalue weighted by Gasteiger charge is 2.31. The summed E-state index contributed by atoms with van der Waals surface area (Å²) in [5.41, 5.74) is 6.54. The maximum atomic E-state index is 12.7. The average molecular weight is 385 g/mol. The van der Waals surface area contributed by atoms with Crippen LogP contribution in [0, 0.1) is 0 Å². The first-order chi connectivity index (χ1) is 13.6. The highest BCUT2D eigenvalue weighted by atomic mass is 16.7. The predicted molar refractivity (Wildman–Crippen MR) is 103 cm³/mol. The van der Waals surface area contributed by atoms with E-state index in [-0.39, 0.29) is 30.8 Å². The first kappa shape index (κ1) is 18.3. The van der Waals surface area contributed by atoms with E-state index in [4.69, 9.17) is 19.9 Å². The third-order valence-electron chi connectivity index (χ3n) is 5.19. The molecule has 8 nitrogen and oxygen atoms in total. The number of aromatic nitrogens is 1. The van der Waals surface area contributed by atoms with Gasteiger partial charge < -0.3 is 19.9 Å². The van der Waals surface area contributed by atoms with Crippen LogP contribution >= 0.6 is 0 Å². The van der Waals surface area contributed by atoms with Crippen LogP contribution in [-0.2, 0) is 4.74 Å². The lowest BCUT2D eigenvalue weighted by molar-refractivity contribution is 0.0527. The zero-order valence-electron chi connectivity index (χ0n) is 15.8. The lowest BCUT2D eigenvalue weighted by atomic mass is 9.94. The average Bonchev–Trinajstić information content (AvgIpc) is 3.14. The zero-order valence-corrected chi connectivity index (χ0v) is 15.8. The van der Waals surface area contributed by atoms with Gasteiger partial charge >= 0.3 is 12.0 Å². The zero-order chi connectivity index (χ0) is 19.7. The summed E-state index contributed by atoms with van der Waals surface area (Å²) < 4.78 is 16.1. The van der Waals surface area contributed by atoms with Crippen LogP contribution in [0.25, 0.3) is 10.9 Å². The first-order valence-corrected chi connectivity index (χ1v) is 9.58. The lowest BCUT2D eigenvalue weighted by Crippen LogP contribution is -2.46. The van der Waals surface area contributed by atoms with Crippen molar-refractivity contribution in [2.75, 3.05) is 18.3 Å². The van der Waals surface area contributed by atoms with Gasteiger partial charge in [0, 0.05) is 17.5 Å². The third-order valence-corrected chi connectivity index (χ3v) is 5.19. The number of carbonyl (C=O) groups is 2. The number of hydrogen-bond acceptors (Lipinski definition) is 6. The van der Waals surface area contributed by atoms with Crippen LogP contribution in [0.15, 0.2) is 18.2 Å². The second kappa shape index (κ2) is 7.53. The van der Waals surface area contributed by atoms with E-state index < -0.39 is 12.0 Å². The van der Waals surface area contributed by atoms with Gasteiger partial charge in [-0.05, 0) is 31.9 Å². The molecule has 2 amide bonds. The van der Waals surface area contributed by atoms with Crippen molar-refractivity contribution < 1.29 is 23.8 Å². The van der Waals surface area contributed by atoms with Crippen molar-refractivity contribution in [3.05, 3.63) is 23.8 Å². The van der Waals surface area contributed by atoms with E-state index >= 15 is 0 Å². The van der Waals surface area contributed by atoms with Crippen molar-refractivity contribution in [3.8, 4) is 11.5 Å². The molecule has 1 aliphatic carbocycles. The Morgan fingerprint density at radius 1 is 1.18 bits per heavy atom. The largest absolute Gasteiger partial charge is 0.462 e. The fourth-order valence-electron chi connectivity index (χ4n) is 3.89. The first-order valence-electron chi connectivity index (χ1n) is 9.58. The Bertz CT molecular complexity index is 924. The Hall–Kier alpha value is -3.03. The van der Waals surface area contributed by atoms with Crippen molar-refractivity contribution >= 4 is 28.7 Å². The van der Waals surface area contributed by atoms with Crippen LogP contribution < -0.4 is 20.1 Å². The molecule has 2 aliphatic rings. The summed E-state index contributed by atoms with van der Waals surface area (Å²) in [6.45, 7) is 2.09. The number of fused-ring (bicyclic) bond motifs is 2. The van der Waals surface area contributed by atoms with E-state index in [1.165, 1.54) is 4.90 Å². The molecule has 0 radical (unpaired) electrons. The van der Waals surface area contributed by atoms with Crippen LogP contribution in [0.4, 0.5) is 10.6 Å². The van der Waals surface area contributed by atoms with Gasteiger partial charge in [0.1, 0.15) is 5.56 Å². The van der Waals surface area contributed by atoms with Gasteiger partial charge in [0.15, 0.2) is 17.3 Å². The molecule has 1 aromatic heterocycles. The number of rotatable bonds is 4. The molecule has 28 heavy (non-hydrogen) atoms. The molecule has 2 heterocycles. The van der Waals surface area contributed by atoms with Gasteiger partial charge in [0.05, 0.1) is 12.1 Å². The minimum Gasteiger partial charge on any atom is -0.462 e. The van der Waals surface area contributed by atoms with Gasteiger partial charge in [-0.3, -0.25) is 4.90 Å². The Morgan fingerprint density at radius 3 is 2.57 bits per heavy atom. The fourth-order valence-corrected chi connectivity index (χ4v) is 3.89. The Morgan fingerprint density at radius 2 is 1.89 bits per heavy atom. The van der Waals surface area contributed by atoms with Crippen molar-refractivity contribution in [2.24, 2.45) is 5.73 Å². The number of esters is 1. The number of nitrogens with two attached hydrogens (primary N) is 1. The number of nitrogens with zero attached hydrogens (tertiary/aromatic N) is 2. The third kappa shape index (κ3) is 3.30. The number of amides is 2. The molecule has 2 aromatic rings. The summed E-state index contributed by atoms with van der Waals surface area (Å²) in [6.07, 6.45) is 4.80. The quantitative estimate of drug-likeness (QED) is 0.810. The Labute approximate surface area is 162 Å². The van der Waals surface area contributed by atoms with Gasteiger partial charge in [-0.25, -0.2) is 14.6 Å². The second-order valence-corrected chi connectivity index (χ2v) is 6.98. The molecule has 0 unspecified atom stereocenters. The molecule has 1 aromatic carbocycles. The number of benzene rings is 1. The topological polar surface area (TPSA) is 104 Å². The van der Waals surface area contributed by atoms with Crippen molar-refractivity contribution in [3.63, 3.8) is 0 Å². The van der Waals surface area contributed by atoms with Crippen molar-refractivity contribution in [1.29, 1.82) is 0 Å². The SMILES string of the molecule is CCOC(=O)c1cc2cc3c(cc2nc1N(C(N)=O)C1CCCCC1)OCO3. The summed E-state index contributed by atoms with van der Waals surface area (Å²) in [6, 6.07) is 4.49. The highest BCUT2D eigenvalue weighted by Crippen LogP contribution is 2.38. The highest BCUT2D eigenvalue weighted by molar-refractivity contribution is 6.04. The van der Waals surface area contributed by atoms with Crippen molar-refractivity contribution in [1.82, 2.24) is 4.98 Å². The molecule has 1 aliphatic heterocycles. The molecular weight excluding hydrogens is 362 g/mol. The summed E-state index contributed by atoms with van der Waals surface area (Å²) in [5, 5.41) is 0.698. The molecule has 0 saturated heterocycles. The minimum absolute atomic E-state index is 0.0848. The number of anilines is 1. The maximum absolute atomic E-state index is 12.7. The van der Waals surface area contributed by atoms with Crippen LogP contribution in [0.3, 0.4) is 0 Å². The van der Waals surface area contributed by atoms with Gasteiger partial charge in [0.2, 0.25) is 6.79 Å². The van der Waals surface area contributed by atoms with Gasteiger partial charge in [-0.2, -0.15) is 0 Å². The molecule has 2 N–H and O–H groups in total. The van der Waals surface area contributed by atoms with E-state index in [1.54, 1.807) is 25.1 Å². The summed E-state index contributed by atoms with van der Waals surface area (Å²) in [4.78, 5) is 31.1. The van der Waals surface area contributed by atoms with E-state index in [2.05, 4.69) is 4.98 Å². The Kier molecular flexibility index (Phi) is 4.93. The summed E-state index contributed by atoms with van der Waals surface area (Å²) in [7, 11) is 0. The molecule has 0 atom stereocenters. The number of carbonyl (C=O) groups excluding carboxylic acids is 2. The monoisotopic (exact) mass is 385 g/mol. The standard InChI is InChI=1S/C20H23N3O5/c1-2-26-19(24)14-8-12-9-16-17(28-11-27-16)10-15(12)22-18(14)23(20(21)25)13-6-4-3-5-7-13/h8-10,13H,2-7,11H2,1H3,(H2,21,25). The predicted octanol–water partition coefficient (Wildman–Crippen LogP) is 3.36. The van der Waals surface area contributed by atoms with E-state index in [0.717, 1.165) is 32.1 Å². The maximum Gasteiger partial charge on any atom is 0.341 e. The van der Waals surface area contributed by atoms with Crippen LogP contribution in [-0.4, -0.2) is 36.4 Å². The van der Waals surface area contributed by atoms with E-state index in [9.17, 15) is 9.59 Å². The number of urea groups is 1. The molecule has 1 fully saturated rings. The molecule has 0 spiro atoms. The lowest BCUT2D eigenvalue weighted by Gasteiger charge is -2.33. The number of primary amides is 1. The van der Waals surface area contributed by atoms with Gasteiger partial charge in [0.25, 0.3) is 0 Å². The fraction of sp³-hybridized carbons (Fsp3) is 0.450.